The summed E-state index contributed by atoms with van der Waals surface area (Å²) in [5.41, 5.74) is -2.33. The maximum Gasteiger partial charge on any atom is 0.508 e. The number of imide groups is 5. The van der Waals surface area contributed by atoms with Crippen molar-refractivity contribution in [3.63, 3.8) is 0 Å². The van der Waals surface area contributed by atoms with Gasteiger partial charge >= 0.3 is 66.5 Å². The van der Waals surface area contributed by atoms with Gasteiger partial charge < -0.3 is 78.1 Å². The summed E-state index contributed by atoms with van der Waals surface area (Å²) in [5.74, 6) is -6.98. The molecule has 0 spiro atoms. The molecule has 0 bridgehead atoms. The number of hydrogen-bond donors (Lipinski definition) is 5. The number of aliphatic hydroxyl groups is 2. The average molecular weight is 2020 g/mol. The first-order chi connectivity index (χ1) is 66.6. The van der Waals surface area contributed by atoms with Crippen LogP contribution in [0.2, 0.25) is 0 Å². The molecule has 39 nitrogen and oxygen atoms in total. The van der Waals surface area contributed by atoms with Crippen LogP contribution < -0.4 is 10.6 Å². The second kappa shape index (κ2) is 53.6. The molecule has 7 heterocycles. The van der Waals surface area contributed by atoms with Gasteiger partial charge in [0.05, 0.1) is 30.2 Å². The Balaban J connectivity index is 0.000000301. The first-order valence-electron chi connectivity index (χ1n) is 48.2. The van der Waals surface area contributed by atoms with Crippen molar-refractivity contribution in [1.29, 1.82) is 0 Å². The number of likely N-dealkylation sites (tertiary alicyclic amines) is 5. The van der Waals surface area contributed by atoms with Gasteiger partial charge in [-0.05, 0) is 223 Å². The lowest BCUT2D eigenvalue weighted by Crippen LogP contribution is -2.47. The number of esters is 4. The lowest BCUT2D eigenvalue weighted by molar-refractivity contribution is -0.153. The van der Waals surface area contributed by atoms with Crippen molar-refractivity contribution >= 4 is 108 Å². The molecular weight excluding hydrogens is 1870 g/mol. The Morgan fingerprint density at radius 2 is 0.632 bits per heavy atom. The Labute approximate surface area is 843 Å². The van der Waals surface area contributed by atoms with Gasteiger partial charge in [-0.25, -0.2) is 77.2 Å². The highest BCUT2D eigenvalue weighted by Gasteiger charge is 2.55. The monoisotopic (exact) mass is 2020 g/mol. The van der Waals surface area contributed by atoms with Crippen LogP contribution in [-0.4, -0.2) is 242 Å². The van der Waals surface area contributed by atoms with Crippen LogP contribution in [0.15, 0.2) is 121 Å². The summed E-state index contributed by atoms with van der Waals surface area (Å²) in [4.78, 5) is 221. The van der Waals surface area contributed by atoms with Gasteiger partial charge in [0.1, 0.15) is 96.8 Å². The van der Waals surface area contributed by atoms with Gasteiger partial charge in [-0.3, -0.25) is 33.6 Å². The molecule has 12 amide bonds. The molecule has 0 saturated carbocycles. The third kappa shape index (κ3) is 40.3. The third-order valence-corrected chi connectivity index (χ3v) is 22.3. The summed E-state index contributed by atoms with van der Waals surface area (Å²) in [6.07, 6.45) is -1.44. The SMILES string of the molecule is CC(C)(C)OC(=O)N1C(=O)C(C(C)(C)O)C[C@H]1C(=O)OCc1ccccc1.CC(C)(C)OC(=O)N1C(=O)CC[C@H]1C(=O)OCc1ccccc1.CC(C)[C@@H]1C[C@@H](C(=O)OCc2ccccc2)N(C(=O)OC(C)(C)C)C1=O.CC(C)[C@@H]1C[C@@H](CO)N(C(=O)OC(C)(C)C)C1=O.CC(C)[C@@H]1C[C@@H](COC(=O)OC(C)(C)C)N(C(=O)OC(C)(C)C)C1=O.O=C1CC[C@@H](C(=O)O)N1.O=C1CC[C@@H](C(=O)OCc2ccccc2)N1. The number of benzene rings is 4. The van der Waals surface area contributed by atoms with Gasteiger partial charge in [0.25, 0.3) is 0 Å². The van der Waals surface area contributed by atoms with Crippen molar-refractivity contribution in [3.05, 3.63) is 144 Å². The number of rotatable bonds is 20. The van der Waals surface area contributed by atoms with E-state index < -0.39 is 166 Å². The molecule has 0 aliphatic carbocycles. The number of nitrogens with zero attached hydrogens (tertiary/aromatic N) is 5. The molecule has 39 heteroatoms. The predicted molar refractivity (Wildman–Crippen MR) is 521 cm³/mol. The van der Waals surface area contributed by atoms with Crippen molar-refractivity contribution in [3.8, 4) is 0 Å². The fourth-order valence-corrected chi connectivity index (χ4v) is 15.2. The highest BCUT2D eigenvalue weighted by atomic mass is 16.7. The number of nitrogens with one attached hydrogen (secondary N) is 2. The zero-order valence-electron chi connectivity index (χ0n) is 87.9. The van der Waals surface area contributed by atoms with E-state index in [0.717, 1.165) is 46.8 Å². The van der Waals surface area contributed by atoms with Gasteiger partial charge in [-0.15, -0.1) is 0 Å². The van der Waals surface area contributed by atoms with Crippen molar-refractivity contribution in [2.45, 2.75) is 352 Å². The van der Waals surface area contributed by atoms with E-state index >= 15 is 0 Å². The summed E-state index contributed by atoms with van der Waals surface area (Å²) >= 11 is 0. The number of aliphatic carboxylic acids is 1. The average Bonchev–Trinajstić information content (AvgIpc) is 1.61. The molecule has 11 atom stereocenters. The fraction of sp³-hybridized carbons (Fsp3) is 0.600. The molecule has 5 N–H and O–H groups in total. The maximum absolute atomic E-state index is 12.7. The topological polar surface area (TPSA) is 510 Å². The Morgan fingerprint density at radius 1 is 0.340 bits per heavy atom. The van der Waals surface area contributed by atoms with Crippen LogP contribution in [0.3, 0.4) is 0 Å². The fourth-order valence-electron chi connectivity index (χ4n) is 15.2. The Hall–Kier alpha value is -12.9. The summed E-state index contributed by atoms with van der Waals surface area (Å²) in [6, 6.07) is 31.9. The molecule has 144 heavy (non-hydrogen) atoms. The number of ether oxygens (including phenoxy) is 11. The van der Waals surface area contributed by atoms with Crippen LogP contribution in [0, 0.1) is 41.4 Å². The molecule has 0 aromatic heterocycles. The minimum atomic E-state index is -1.38. The van der Waals surface area contributed by atoms with Gasteiger partial charge in [-0.1, -0.05) is 163 Å². The molecule has 7 aliphatic heterocycles. The number of hydrogen-bond acceptors (Lipinski definition) is 31. The molecule has 796 valence electrons. The predicted octanol–water partition coefficient (Wildman–Crippen LogP) is 14.7. The summed E-state index contributed by atoms with van der Waals surface area (Å²) in [7, 11) is 0. The van der Waals surface area contributed by atoms with Crippen LogP contribution in [0.25, 0.3) is 0 Å². The minimum absolute atomic E-state index is 0.0133. The second-order valence-corrected chi connectivity index (χ2v) is 43.1. The highest BCUT2D eigenvalue weighted by Crippen LogP contribution is 2.39. The third-order valence-electron chi connectivity index (χ3n) is 22.3. The first kappa shape index (κ1) is 122. The van der Waals surface area contributed by atoms with E-state index in [4.69, 9.17) is 57.2 Å². The normalized spacial score (nSPS) is 21.0. The number of carboxylic acids is 1. The van der Waals surface area contributed by atoms with E-state index in [1.54, 1.807) is 137 Å². The first-order valence-corrected chi connectivity index (χ1v) is 48.2. The van der Waals surface area contributed by atoms with Crippen LogP contribution >= 0.6 is 0 Å². The van der Waals surface area contributed by atoms with Crippen molar-refractivity contribution in [1.82, 2.24) is 35.1 Å². The van der Waals surface area contributed by atoms with Crippen molar-refractivity contribution < 1.29 is 154 Å². The van der Waals surface area contributed by atoms with E-state index in [1.807, 2.05) is 151 Å². The zero-order chi connectivity index (χ0) is 109. The number of carbonyl (C=O) groups excluding carboxylic acids is 17. The molecule has 4 aromatic carbocycles. The molecule has 4 aromatic rings. The highest BCUT2D eigenvalue weighted by molar-refractivity contribution is 6.03. The van der Waals surface area contributed by atoms with E-state index in [9.17, 15) is 96.5 Å². The van der Waals surface area contributed by atoms with E-state index in [0.29, 0.717) is 38.5 Å². The molecule has 11 rings (SSSR count). The molecule has 1 unspecified atom stereocenters. The Morgan fingerprint density at radius 3 is 0.944 bits per heavy atom. The van der Waals surface area contributed by atoms with Crippen LogP contribution in [-0.2, 0) is 136 Å². The summed E-state index contributed by atoms with van der Waals surface area (Å²) < 4.78 is 57.6. The van der Waals surface area contributed by atoms with Crippen molar-refractivity contribution in [2.24, 2.45) is 41.4 Å². The molecule has 7 aliphatic rings. The molecule has 7 saturated heterocycles. The molecule has 0 radical (unpaired) electrons. The summed E-state index contributed by atoms with van der Waals surface area (Å²) in [5, 5.41) is 32.8. The van der Waals surface area contributed by atoms with Crippen molar-refractivity contribution in [2.75, 3.05) is 13.2 Å². The van der Waals surface area contributed by atoms with Gasteiger partial charge in [0.2, 0.25) is 41.4 Å². The van der Waals surface area contributed by atoms with E-state index in [2.05, 4.69) is 10.6 Å². The lowest BCUT2D eigenvalue weighted by atomic mass is 9.88. The number of amides is 12. The Kier molecular flexibility index (Phi) is 45.2. The zero-order valence-corrected chi connectivity index (χ0v) is 87.9. The second-order valence-electron chi connectivity index (χ2n) is 43.1. The van der Waals surface area contributed by atoms with E-state index in [-0.39, 0.29) is 130 Å². The smallest absolute Gasteiger partial charge is 0.480 e. The van der Waals surface area contributed by atoms with E-state index in [1.165, 1.54) is 13.8 Å². The van der Waals surface area contributed by atoms with Crippen LogP contribution in [0.5, 0.6) is 0 Å². The van der Waals surface area contributed by atoms with Gasteiger partial charge in [0, 0.05) is 37.0 Å². The summed E-state index contributed by atoms with van der Waals surface area (Å²) in [6.45, 7) is 45.5. The maximum atomic E-state index is 12.7. The van der Waals surface area contributed by atoms with Gasteiger partial charge in [-0.2, -0.15) is 0 Å². The van der Waals surface area contributed by atoms with Gasteiger partial charge in [0.15, 0.2) is 0 Å². The Bertz CT molecular complexity index is 5040. The number of carbonyl (C=O) groups is 18. The lowest BCUT2D eigenvalue weighted by Gasteiger charge is -2.27. The number of aliphatic hydroxyl groups excluding tert-OH is 1. The van der Waals surface area contributed by atoms with Crippen LogP contribution in [0.1, 0.15) is 266 Å². The molecular formula is C105H149N7O32. The van der Waals surface area contributed by atoms with Crippen LogP contribution in [0.4, 0.5) is 28.8 Å². The molecule has 7 fully saturated rings. The largest absolute Gasteiger partial charge is 0.508 e. The quantitative estimate of drug-likeness (QED) is 0.0405. The number of carboxylic acid groups (broad SMARTS) is 1. The standard InChI is InChI=1S/C20H27NO6.C20H27NO5.C18H31NO6.C17H21NO5.C13H23NO4.C12H13NO3.C5H7NO3/c1-19(2,3)27-18(24)21-15(11-14(16(21)22)20(4,5)25)17(23)26-12-13-9-7-6-8-10-13;1-13(2)15-11-16(18(23)25-12-14-9-7-6-8-10-14)21(17(15)22)19(24)26-20(3,4)5;1-11(2)13-9-12(10-23-16(22)25-18(6,7)8)19(14(13)20)15(21)24-17(3,4)5;1-17(2,3)23-16(21)18-13(9-10-14(18)19)15(20)22-11-12-7-5-4-6-8-12;1-8(2)10-6-9(7-15)14(11(10)16)12(17)18-13(3,4)5;14-11-7-6-10(13-11)12(15)16-8-9-4-2-1-3-5-9;7-4-2-1-3(6-4)5(8)9/h6-10,14-15,25H,11-12H2,1-5H3;6-10,13,15-16H,11-12H2,1-5H3;11-13H,9-10H2,1-8H3;4-8,13H,9-11H2,1-3H3;8-10,15H,6-7H2,1-5H3;1-5,10H,6-8H2,(H,13,14);3H,1-2H2,(H,6,7)(H,8,9)/t14?,15-;15-,16-;12-,13-;13-;9-,10-;10-;3-/m0000000/s1. The minimum Gasteiger partial charge on any atom is -0.480 e.